The van der Waals surface area contributed by atoms with Crippen LogP contribution in [0.4, 0.5) is 0 Å². The summed E-state index contributed by atoms with van der Waals surface area (Å²) < 4.78 is 1.90. The summed E-state index contributed by atoms with van der Waals surface area (Å²) in [6.45, 7) is 3.25. The van der Waals surface area contributed by atoms with Gasteiger partial charge in [0.2, 0.25) is 0 Å². The van der Waals surface area contributed by atoms with Crippen molar-refractivity contribution < 1.29 is 0 Å². The Labute approximate surface area is 111 Å². The van der Waals surface area contributed by atoms with Crippen LogP contribution in [0.5, 0.6) is 0 Å². The van der Waals surface area contributed by atoms with E-state index in [1.165, 1.54) is 44.2 Å². The average molecular weight is 249 g/mol. The van der Waals surface area contributed by atoms with Gasteiger partial charge in [-0.3, -0.25) is 4.68 Å². The van der Waals surface area contributed by atoms with Crippen LogP contribution in [0.15, 0.2) is 12.3 Å². The SMILES string of the molecule is CCNC(CCC1CCCC1)Cc1ccn(C)n1. The predicted octanol–water partition coefficient (Wildman–Crippen LogP) is 2.91. The molecule has 0 aliphatic heterocycles. The lowest BCUT2D eigenvalue weighted by molar-refractivity contribution is 0.405. The summed E-state index contributed by atoms with van der Waals surface area (Å²) in [5, 5.41) is 8.10. The molecule has 0 radical (unpaired) electrons. The first-order valence-corrected chi connectivity index (χ1v) is 7.50. The molecule has 1 aliphatic carbocycles. The molecule has 1 unspecified atom stereocenters. The van der Waals surface area contributed by atoms with E-state index in [1.54, 1.807) is 0 Å². The lowest BCUT2D eigenvalue weighted by Gasteiger charge is -2.19. The highest BCUT2D eigenvalue weighted by Crippen LogP contribution is 2.29. The lowest BCUT2D eigenvalue weighted by atomic mass is 9.96. The van der Waals surface area contributed by atoms with Gasteiger partial charge in [0.25, 0.3) is 0 Å². The molecule has 1 aromatic heterocycles. The first kappa shape index (κ1) is 13.6. The molecule has 1 N–H and O–H groups in total. The van der Waals surface area contributed by atoms with Gasteiger partial charge >= 0.3 is 0 Å². The van der Waals surface area contributed by atoms with Gasteiger partial charge in [0, 0.05) is 25.7 Å². The van der Waals surface area contributed by atoms with Crippen molar-refractivity contribution in [3.63, 3.8) is 0 Å². The maximum Gasteiger partial charge on any atom is 0.0639 e. The number of hydrogen-bond donors (Lipinski definition) is 1. The lowest BCUT2D eigenvalue weighted by Crippen LogP contribution is -2.31. The number of nitrogens with zero attached hydrogens (tertiary/aromatic N) is 2. The average Bonchev–Trinajstić information content (AvgIpc) is 2.98. The molecule has 3 heteroatoms. The van der Waals surface area contributed by atoms with Crippen molar-refractivity contribution >= 4 is 0 Å². The Hall–Kier alpha value is -0.830. The van der Waals surface area contributed by atoms with Gasteiger partial charge in [-0.15, -0.1) is 0 Å². The fraction of sp³-hybridized carbons (Fsp3) is 0.800. The molecule has 1 aliphatic rings. The van der Waals surface area contributed by atoms with Crippen molar-refractivity contribution in [2.24, 2.45) is 13.0 Å². The second-order valence-electron chi connectivity index (χ2n) is 5.67. The summed E-state index contributed by atoms with van der Waals surface area (Å²) in [6, 6.07) is 2.74. The summed E-state index contributed by atoms with van der Waals surface area (Å²) in [5.41, 5.74) is 1.22. The van der Waals surface area contributed by atoms with Crippen LogP contribution >= 0.6 is 0 Å². The zero-order valence-corrected chi connectivity index (χ0v) is 11.9. The Morgan fingerprint density at radius 2 is 2.22 bits per heavy atom. The summed E-state index contributed by atoms with van der Waals surface area (Å²) in [6.07, 6.45) is 11.6. The zero-order chi connectivity index (χ0) is 12.8. The molecular formula is C15H27N3. The summed E-state index contributed by atoms with van der Waals surface area (Å²) in [7, 11) is 1.99. The van der Waals surface area contributed by atoms with Crippen LogP contribution in [0.3, 0.4) is 0 Å². The van der Waals surface area contributed by atoms with Crippen molar-refractivity contribution in [2.75, 3.05) is 6.54 Å². The van der Waals surface area contributed by atoms with Crippen LogP contribution in [0.25, 0.3) is 0 Å². The Morgan fingerprint density at radius 1 is 1.44 bits per heavy atom. The maximum absolute atomic E-state index is 4.49. The summed E-state index contributed by atoms with van der Waals surface area (Å²) in [4.78, 5) is 0. The highest BCUT2D eigenvalue weighted by Gasteiger charge is 2.17. The van der Waals surface area contributed by atoms with Crippen molar-refractivity contribution in [2.45, 2.75) is 57.9 Å². The van der Waals surface area contributed by atoms with Gasteiger partial charge in [0.1, 0.15) is 0 Å². The Morgan fingerprint density at radius 3 is 2.83 bits per heavy atom. The van der Waals surface area contributed by atoms with Gasteiger partial charge in [-0.05, 0) is 31.4 Å². The number of hydrogen-bond acceptors (Lipinski definition) is 2. The number of aryl methyl sites for hydroxylation is 1. The van der Waals surface area contributed by atoms with Gasteiger partial charge in [0.15, 0.2) is 0 Å². The zero-order valence-electron chi connectivity index (χ0n) is 11.9. The molecular weight excluding hydrogens is 222 g/mol. The van der Waals surface area contributed by atoms with E-state index >= 15 is 0 Å². The second kappa shape index (κ2) is 6.93. The molecule has 1 heterocycles. The fourth-order valence-corrected chi connectivity index (χ4v) is 3.13. The monoisotopic (exact) mass is 249 g/mol. The predicted molar refractivity (Wildman–Crippen MR) is 75.6 cm³/mol. The molecule has 3 nitrogen and oxygen atoms in total. The highest BCUT2D eigenvalue weighted by molar-refractivity contribution is 5.01. The van der Waals surface area contributed by atoms with E-state index < -0.39 is 0 Å². The number of rotatable bonds is 7. The van der Waals surface area contributed by atoms with Crippen LogP contribution in [-0.4, -0.2) is 22.4 Å². The Kier molecular flexibility index (Phi) is 5.24. The minimum Gasteiger partial charge on any atom is -0.314 e. The maximum atomic E-state index is 4.49. The van der Waals surface area contributed by atoms with Crippen molar-refractivity contribution in [1.82, 2.24) is 15.1 Å². The van der Waals surface area contributed by atoms with Crippen molar-refractivity contribution in [3.05, 3.63) is 18.0 Å². The van der Waals surface area contributed by atoms with Gasteiger partial charge < -0.3 is 5.32 Å². The van der Waals surface area contributed by atoms with Crippen molar-refractivity contribution in [3.8, 4) is 0 Å². The number of likely N-dealkylation sites (N-methyl/N-ethyl adjacent to an activating group) is 1. The Bertz CT molecular complexity index is 339. The van der Waals surface area contributed by atoms with Gasteiger partial charge in [-0.25, -0.2) is 0 Å². The second-order valence-corrected chi connectivity index (χ2v) is 5.67. The minimum absolute atomic E-state index is 0.602. The quantitative estimate of drug-likeness (QED) is 0.805. The topological polar surface area (TPSA) is 29.9 Å². The van der Waals surface area contributed by atoms with Gasteiger partial charge in [-0.1, -0.05) is 32.6 Å². The van der Waals surface area contributed by atoms with Gasteiger partial charge in [0.05, 0.1) is 5.69 Å². The largest absolute Gasteiger partial charge is 0.314 e. The molecule has 1 fully saturated rings. The smallest absolute Gasteiger partial charge is 0.0639 e. The molecule has 1 aromatic rings. The number of aromatic nitrogens is 2. The Balaban J connectivity index is 1.79. The minimum atomic E-state index is 0.602. The van der Waals surface area contributed by atoms with Gasteiger partial charge in [-0.2, -0.15) is 5.10 Å². The molecule has 0 aromatic carbocycles. The molecule has 2 rings (SSSR count). The third-order valence-electron chi connectivity index (χ3n) is 4.12. The first-order chi connectivity index (χ1) is 8.78. The van der Waals surface area contributed by atoms with Crippen LogP contribution in [0, 0.1) is 5.92 Å². The standard InChI is InChI=1S/C15H27N3/c1-3-16-14(9-8-13-6-4-5-7-13)12-15-10-11-18(2)17-15/h10-11,13-14,16H,3-9,12H2,1-2H3. The summed E-state index contributed by atoms with van der Waals surface area (Å²) in [5.74, 6) is 0.995. The highest BCUT2D eigenvalue weighted by atomic mass is 15.2. The normalized spacial score (nSPS) is 18.3. The molecule has 1 saturated carbocycles. The molecule has 0 spiro atoms. The van der Waals surface area contributed by atoms with E-state index in [0.717, 1.165) is 18.9 Å². The molecule has 102 valence electrons. The third kappa shape index (κ3) is 4.13. The van der Waals surface area contributed by atoms with E-state index in [2.05, 4.69) is 23.4 Å². The van der Waals surface area contributed by atoms with E-state index in [0.29, 0.717) is 6.04 Å². The molecule has 1 atom stereocenters. The van der Waals surface area contributed by atoms with Crippen LogP contribution in [0.2, 0.25) is 0 Å². The van der Waals surface area contributed by atoms with E-state index in [4.69, 9.17) is 0 Å². The van der Waals surface area contributed by atoms with Crippen LogP contribution in [-0.2, 0) is 13.5 Å². The van der Waals surface area contributed by atoms with Crippen LogP contribution < -0.4 is 5.32 Å². The molecule has 0 amide bonds. The van der Waals surface area contributed by atoms with E-state index in [9.17, 15) is 0 Å². The first-order valence-electron chi connectivity index (χ1n) is 7.50. The molecule has 0 bridgehead atoms. The summed E-state index contributed by atoms with van der Waals surface area (Å²) >= 11 is 0. The van der Waals surface area contributed by atoms with Crippen molar-refractivity contribution in [1.29, 1.82) is 0 Å². The fourth-order valence-electron chi connectivity index (χ4n) is 3.13. The third-order valence-corrected chi connectivity index (χ3v) is 4.12. The molecule has 0 saturated heterocycles. The van der Waals surface area contributed by atoms with Crippen LogP contribution in [0.1, 0.15) is 51.1 Å². The number of nitrogens with one attached hydrogen (secondary N) is 1. The molecule has 18 heavy (non-hydrogen) atoms. The van der Waals surface area contributed by atoms with E-state index in [-0.39, 0.29) is 0 Å². The van der Waals surface area contributed by atoms with E-state index in [1.807, 2.05) is 17.9 Å².